The Kier molecular flexibility index (Phi) is 5.04. The molecule has 1 atom stereocenters. The number of nitrogens with zero attached hydrogens (tertiary/aromatic N) is 2. The van der Waals surface area contributed by atoms with Gasteiger partial charge in [-0.05, 0) is 37.1 Å². The van der Waals surface area contributed by atoms with Gasteiger partial charge in [0.05, 0.1) is 10.7 Å². The van der Waals surface area contributed by atoms with E-state index < -0.39 is 0 Å². The molecule has 0 saturated carbocycles. The average molecular weight is 294 g/mol. The lowest BCUT2D eigenvalue weighted by molar-refractivity contribution is 0.298. The molecule has 0 spiro atoms. The highest BCUT2D eigenvalue weighted by Crippen LogP contribution is 2.26. The summed E-state index contributed by atoms with van der Waals surface area (Å²) in [6.07, 6.45) is 3.03. The van der Waals surface area contributed by atoms with Crippen molar-refractivity contribution in [2.45, 2.75) is 39.5 Å². The van der Waals surface area contributed by atoms with E-state index in [4.69, 9.17) is 22.1 Å². The first-order valence-corrected chi connectivity index (χ1v) is 7.17. The minimum Gasteiger partial charge on any atom is -0.486 e. The van der Waals surface area contributed by atoms with Crippen LogP contribution in [0.25, 0.3) is 0 Å². The topological polar surface area (TPSA) is 53.1 Å². The van der Waals surface area contributed by atoms with Crippen LogP contribution in [0.2, 0.25) is 5.02 Å². The summed E-state index contributed by atoms with van der Waals surface area (Å²) in [5, 5.41) is 5.07. The number of nitrogens with two attached hydrogens (primary N) is 1. The second-order valence-electron chi connectivity index (χ2n) is 4.80. The molecule has 0 fully saturated rings. The van der Waals surface area contributed by atoms with Crippen LogP contribution in [0, 0.1) is 0 Å². The molecule has 1 unspecified atom stereocenters. The molecular formula is C15H20ClN3O. The molecule has 108 valence electrons. The van der Waals surface area contributed by atoms with Crippen LogP contribution in [-0.2, 0) is 13.2 Å². The van der Waals surface area contributed by atoms with Gasteiger partial charge in [0.15, 0.2) is 0 Å². The summed E-state index contributed by atoms with van der Waals surface area (Å²) in [5.41, 5.74) is 7.45. The van der Waals surface area contributed by atoms with Gasteiger partial charge in [-0.1, -0.05) is 24.6 Å². The maximum Gasteiger partial charge on any atom is 0.138 e. The van der Waals surface area contributed by atoms with Gasteiger partial charge in [-0.2, -0.15) is 5.10 Å². The zero-order valence-electron chi connectivity index (χ0n) is 11.8. The smallest absolute Gasteiger partial charge is 0.138 e. The van der Waals surface area contributed by atoms with Gasteiger partial charge < -0.3 is 10.5 Å². The zero-order chi connectivity index (χ0) is 14.5. The molecule has 2 N–H and O–H groups in total. The van der Waals surface area contributed by atoms with Crippen LogP contribution in [0.15, 0.2) is 30.5 Å². The van der Waals surface area contributed by atoms with Crippen LogP contribution < -0.4 is 10.5 Å². The SMILES string of the molecule is CCC(C)n1ccc(COc2ccc(CN)cc2Cl)n1. The first-order chi connectivity index (χ1) is 9.63. The average Bonchev–Trinajstić information content (AvgIpc) is 2.94. The Balaban J connectivity index is 2.00. The summed E-state index contributed by atoms with van der Waals surface area (Å²) >= 11 is 6.15. The molecule has 4 nitrogen and oxygen atoms in total. The fourth-order valence-electron chi connectivity index (χ4n) is 1.83. The van der Waals surface area contributed by atoms with E-state index in [2.05, 4.69) is 18.9 Å². The lowest BCUT2D eigenvalue weighted by atomic mass is 10.2. The zero-order valence-corrected chi connectivity index (χ0v) is 12.6. The number of hydrogen-bond donors (Lipinski definition) is 1. The number of hydrogen-bond acceptors (Lipinski definition) is 3. The molecule has 0 bridgehead atoms. The molecule has 1 heterocycles. The van der Waals surface area contributed by atoms with Crippen molar-refractivity contribution in [2.75, 3.05) is 0 Å². The monoisotopic (exact) mass is 293 g/mol. The van der Waals surface area contributed by atoms with Gasteiger partial charge in [-0.25, -0.2) is 0 Å². The number of halogens is 1. The van der Waals surface area contributed by atoms with Gasteiger partial charge in [-0.15, -0.1) is 0 Å². The van der Waals surface area contributed by atoms with Crippen LogP contribution in [-0.4, -0.2) is 9.78 Å². The van der Waals surface area contributed by atoms with E-state index in [1.54, 1.807) is 0 Å². The highest BCUT2D eigenvalue weighted by atomic mass is 35.5. The van der Waals surface area contributed by atoms with E-state index in [9.17, 15) is 0 Å². The Morgan fingerprint density at radius 1 is 1.40 bits per heavy atom. The predicted molar refractivity (Wildman–Crippen MR) is 80.9 cm³/mol. The van der Waals surface area contributed by atoms with E-state index in [0.717, 1.165) is 17.7 Å². The first kappa shape index (κ1) is 14.9. The van der Waals surface area contributed by atoms with Crippen molar-refractivity contribution >= 4 is 11.6 Å². The molecule has 0 aliphatic carbocycles. The Labute approximate surface area is 124 Å². The second kappa shape index (κ2) is 6.77. The van der Waals surface area contributed by atoms with E-state index in [1.807, 2.05) is 35.1 Å². The third-order valence-electron chi connectivity index (χ3n) is 3.31. The highest BCUT2D eigenvalue weighted by molar-refractivity contribution is 6.32. The standard InChI is InChI=1S/C15H20ClN3O/c1-3-11(2)19-7-6-13(18-19)10-20-15-5-4-12(9-17)8-14(15)16/h4-8,11H,3,9-10,17H2,1-2H3. The molecule has 0 aliphatic heterocycles. The number of benzene rings is 1. The van der Waals surface area contributed by atoms with Crippen LogP contribution in [0.1, 0.15) is 37.6 Å². The summed E-state index contributed by atoms with van der Waals surface area (Å²) in [6.45, 7) is 5.16. The van der Waals surface area contributed by atoms with E-state index >= 15 is 0 Å². The molecule has 0 radical (unpaired) electrons. The van der Waals surface area contributed by atoms with Crippen molar-refractivity contribution in [3.05, 3.63) is 46.7 Å². The fourth-order valence-corrected chi connectivity index (χ4v) is 2.08. The molecule has 1 aromatic carbocycles. The van der Waals surface area contributed by atoms with Crippen molar-refractivity contribution in [1.29, 1.82) is 0 Å². The molecule has 0 saturated heterocycles. The van der Waals surface area contributed by atoms with Crippen molar-refractivity contribution in [3.8, 4) is 5.75 Å². The number of ether oxygens (including phenoxy) is 1. The molecule has 0 aliphatic rings. The summed E-state index contributed by atoms with van der Waals surface area (Å²) in [4.78, 5) is 0. The van der Waals surface area contributed by atoms with Crippen molar-refractivity contribution in [2.24, 2.45) is 5.73 Å². The van der Waals surface area contributed by atoms with Crippen molar-refractivity contribution < 1.29 is 4.74 Å². The highest BCUT2D eigenvalue weighted by Gasteiger charge is 2.07. The van der Waals surface area contributed by atoms with E-state index in [0.29, 0.717) is 30.0 Å². The summed E-state index contributed by atoms with van der Waals surface area (Å²) in [7, 11) is 0. The first-order valence-electron chi connectivity index (χ1n) is 6.79. The van der Waals surface area contributed by atoms with Crippen molar-refractivity contribution in [3.63, 3.8) is 0 Å². The van der Waals surface area contributed by atoms with Crippen LogP contribution in [0.5, 0.6) is 5.75 Å². The third-order valence-corrected chi connectivity index (χ3v) is 3.61. The van der Waals surface area contributed by atoms with Crippen LogP contribution >= 0.6 is 11.6 Å². The van der Waals surface area contributed by atoms with Gasteiger partial charge in [0.2, 0.25) is 0 Å². The van der Waals surface area contributed by atoms with Gasteiger partial charge in [-0.3, -0.25) is 4.68 Å². The van der Waals surface area contributed by atoms with Gasteiger partial charge in [0, 0.05) is 18.8 Å². The summed E-state index contributed by atoms with van der Waals surface area (Å²) < 4.78 is 7.66. The van der Waals surface area contributed by atoms with E-state index in [-0.39, 0.29) is 0 Å². The Morgan fingerprint density at radius 2 is 2.20 bits per heavy atom. The molecule has 1 aromatic heterocycles. The quantitative estimate of drug-likeness (QED) is 0.886. The maximum absolute atomic E-state index is 6.15. The molecule has 2 rings (SSSR count). The normalized spacial score (nSPS) is 12.4. The maximum atomic E-state index is 6.15. The van der Waals surface area contributed by atoms with E-state index in [1.165, 1.54) is 0 Å². The Morgan fingerprint density at radius 3 is 2.85 bits per heavy atom. The summed E-state index contributed by atoms with van der Waals surface area (Å²) in [6, 6.07) is 7.95. The van der Waals surface area contributed by atoms with Gasteiger partial charge >= 0.3 is 0 Å². The molecular weight excluding hydrogens is 274 g/mol. The molecule has 20 heavy (non-hydrogen) atoms. The fraction of sp³-hybridized carbons (Fsp3) is 0.400. The second-order valence-corrected chi connectivity index (χ2v) is 5.21. The lowest BCUT2D eigenvalue weighted by Gasteiger charge is -2.09. The number of aromatic nitrogens is 2. The Hall–Kier alpha value is -1.52. The predicted octanol–water partition coefficient (Wildman–Crippen LogP) is 3.55. The largest absolute Gasteiger partial charge is 0.486 e. The third kappa shape index (κ3) is 3.52. The molecule has 5 heteroatoms. The van der Waals surface area contributed by atoms with Gasteiger partial charge in [0.25, 0.3) is 0 Å². The molecule has 2 aromatic rings. The van der Waals surface area contributed by atoms with Crippen molar-refractivity contribution in [1.82, 2.24) is 9.78 Å². The minimum absolute atomic E-state index is 0.399. The number of rotatable bonds is 6. The lowest BCUT2D eigenvalue weighted by Crippen LogP contribution is -2.06. The minimum atomic E-state index is 0.399. The molecule has 0 amide bonds. The summed E-state index contributed by atoms with van der Waals surface area (Å²) in [5.74, 6) is 0.655. The van der Waals surface area contributed by atoms with Crippen LogP contribution in [0.3, 0.4) is 0 Å². The van der Waals surface area contributed by atoms with Crippen LogP contribution in [0.4, 0.5) is 0 Å². The van der Waals surface area contributed by atoms with Gasteiger partial charge in [0.1, 0.15) is 12.4 Å². The Bertz CT molecular complexity index is 568.